The van der Waals surface area contributed by atoms with Crippen LogP contribution in [-0.2, 0) is 4.79 Å². The second-order valence-electron chi connectivity index (χ2n) is 4.60. The monoisotopic (exact) mass is 265 g/mol. The van der Waals surface area contributed by atoms with Crippen LogP contribution in [0.4, 0.5) is 11.6 Å². The lowest BCUT2D eigenvalue weighted by Crippen LogP contribution is -2.30. The van der Waals surface area contributed by atoms with Crippen LogP contribution in [-0.4, -0.2) is 36.0 Å². The van der Waals surface area contributed by atoms with Crippen molar-refractivity contribution in [1.29, 1.82) is 0 Å². The Balaban J connectivity index is 2.67. The molecule has 1 heterocycles. The van der Waals surface area contributed by atoms with Crippen LogP contribution in [0.5, 0.6) is 0 Å². The predicted molar refractivity (Wildman–Crippen MR) is 77.5 cm³/mol. The Morgan fingerprint density at radius 3 is 2.58 bits per heavy atom. The van der Waals surface area contributed by atoms with Gasteiger partial charge in [0.2, 0.25) is 5.91 Å². The van der Waals surface area contributed by atoms with E-state index in [0.717, 1.165) is 18.1 Å². The zero-order chi connectivity index (χ0) is 14.3. The topological polar surface area (TPSA) is 78.9 Å². The minimum absolute atomic E-state index is 0.0300. The van der Waals surface area contributed by atoms with Crippen molar-refractivity contribution < 1.29 is 4.79 Å². The average Bonchev–Trinajstić information content (AvgIpc) is 2.42. The van der Waals surface area contributed by atoms with E-state index in [1.165, 1.54) is 0 Å². The lowest BCUT2D eigenvalue weighted by molar-refractivity contribution is -0.119. The summed E-state index contributed by atoms with van der Waals surface area (Å²) in [6.45, 7) is 7.01. The van der Waals surface area contributed by atoms with Crippen LogP contribution >= 0.6 is 0 Å². The molecule has 1 rings (SSSR count). The molecule has 1 aromatic rings. The molecular weight excluding hydrogens is 242 g/mol. The number of rotatable bonds is 7. The van der Waals surface area contributed by atoms with E-state index in [4.69, 9.17) is 0 Å². The fraction of sp³-hybridized carbons (Fsp3) is 0.615. The summed E-state index contributed by atoms with van der Waals surface area (Å²) in [6.07, 6.45) is 0.931. The molecule has 0 aromatic carbocycles. The molecule has 0 fully saturated rings. The number of nitrogens with one attached hydrogen (secondary N) is 3. The minimum atomic E-state index is -0.0300. The molecular formula is C13H23N5O. The van der Waals surface area contributed by atoms with Gasteiger partial charge in [0.15, 0.2) is 0 Å². The number of amides is 1. The van der Waals surface area contributed by atoms with E-state index in [-0.39, 0.29) is 18.4 Å². The third-order valence-electron chi connectivity index (χ3n) is 2.52. The maximum atomic E-state index is 11.5. The number of hydrogen-bond acceptors (Lipinski definition) is 5. The van der Waals surface area contributed by atoms with Gasteiger partial charge in [-0.15, -0.1) is 0 Å². The first-order valence-electron chi connectivity index (χ1n) is 6.64. The van der Waals surface area contributed by atoms with Crippen molar-refractivity contribution in [3.05, 3.63) is 11.9 Å². The molecule has 0 atom stereocenters. The summed E-state index contributed by atoms with van der Waals surface area (Å²) >= 11 is 0. The first kappa shape index (κ1) is 15.2. The molecule has 0 radical (unpaired) electrons. The molecule has 19 heavy (non-hydrogen) atoms. The van der Waals surface area contributed by atoms with Crippen LogP contribution < -0.4 is 16.0 Å². The number of nitrogens with zero attached hydrogens (tertiary/aromatic N) is 2. The van der Waals surface area contributed by atoms with E-state index in [2.05, 4.69) is 25.9 Å². The SMILES string of the molecule is CCCNC(=O)CNc1cc(NC)nc(C(C)C)n1. The van der Waals surface area contributed by atoms with Gasteiger partial charge in [0.25, 0.3) is 0 Å². The number of aromatic nitrogens is 2. The Morgan fingerprint density at radius 1 is 1.32 bits per heavy atom. The lowest BCUT2D eigenvalue weighted by Gasteiger charge is -2.11. The highest BCUT2D eigenvalue weighted by molar-refractivity contribution is 5.80. The Labute approximate surface area is 114 Å². The van der Waals surface area contributed by atoms with E-state index in [9.17, 15) is 4.79 Å². The summed E-state index contributed by atoms with van der Waals surface area (Å²) in [4.78, 5) is 20.3. The van der Waals surface area contributed by atoms with Crippen molar-refractivity contribution in [3.63, 3.8) is 0 Å². The molecule has 0 unspecified atom stereocenters. The average molecular weight is 265 g/mol. The fourth-order valence-electron chi connectivity index (χ4n) is 1.44. The number of anilines is 2. The second kappa shape index (κ2) is 7.56. The summed E-state index contributed by atoms with van der Waals surface area (Å²) in [7, 11) is 1.81. The van der Waals surface area contributed by atoms with Gasteiger partial charge in [0.1, 0.15) is 17.5 Å². The fourth-order valence-corrected chi connectivity index (χ4v) is 1.44. The van der Waals surface area contributed by atoms with Gasteiger partial charge >= 0.3 is 0 Å². The molecule has 6 nitrogen and oxygen atoms in total. The van der Waals surface area contributed by atoms with Gasteiger partial charge in [-0.1, -0.05) is 20.8 Å². The summed E-state index contributed by atoms with van der Waals surface area (Å²) in [6, 6.07) is 1.79. The Bertz CT molecular complexity index is 419. The summed E-state index contributed by atoms with van der Waals surface area (Å²) in [5.74, 6) is 2.37. The van der Waals surface area contributed by atoms with Crippen LogP contribution in [0.15, 0.2) is 6.07 Å². The third-order valence-corrected chi connectivity index (χ3v) is 2.52. The molecule has 0 aliphatic rings. The van der Waals surface area contributed by atoms with Gasteiger partial charge < -0.3 is 16.0 Å². The van der Waals surface area contributed by atoms with Gasteiger partial charge in [-0.25, -0.2) is 9.97 Å². The maximum absolute atomic E-state index is 11.5. The van der Waals surface area contributed by atoms with Crippen molar-refractivity contribution >= 4 is 17.5 Å². The molecule has 1 aromatic heterocycles. The van der Waals surface area contributed by atoms with Gasteiger partial charge in [-0.05, 0) is 6.42 Å². The van der Waals surface area contributed by atoms with Gasteiger partial charge in [0.05, 0.1) is 6.54 Å². The number of carbonyl (C=O) groups excluding carboxylic acids is 1. The quantitative estimate of drug-likeness (QED) is 0.697. The highest BCUT2D eigenvalue weighted by Gasteiger charge is 2.08. The van der Waals surface area contributed by atoms with Gasteiger partial charge in [-0.2, -0.15) is 0 Å². The van der Waals surface area contributed by atoms with E-state index in [0.29, 0.717) is 12.4 Å². The maximum Gasteiger partial charge on any atom is 0.239 e. The standard InChI is InChI=1S/C13H23N5O/c1-5-6-15-12(19)8-16-11-7-10(14-4)17-13(18-11)9(2)3/h7,9H,5-6,8H2,1-4H3,(H,15,19)(H2,14,16,17,18). The highest BCUT2D eigenvalue weighted by Crippen LogP contribution is 2.16. The normalized spacial score (nSPS) is 10.4. The summed E-state index contributed by atoms with van der Waals surface area (Å²) < 4.78 is 0. The van der Waals surface area contributed by atoms with Crippen molar-refractivity contribution in [1.82, 2.24) is 15.3 Å². The largest absolute Gasteiger partial charge is 0.373 e. The smallest absolute Gasteiger partial charge is 0.239 e. The van der Waals surface area contributed by atoms with Gasteiger partial charge in [-0.3, -0.25) is 4.79 Å². The third kappa shape index (κ3) is 5.11. The van der Waals surface area contributed by atoms with Crippen LogP contribution in [0.1, 0.15) is 38.9 Å². The molecule has 0 aliphatic heterocycles. The molecule has 0 aliphatic carbocycles. The Morgan fingerprint density at radius 2 is 2.00 bits per heavy atom. The Hall–Kier alpha value is -1.85. The van der Waals surface area contributed by atoms with E-state index in [1.807, 2.05) is 27.8 Å². The van der Waals surface area contributed by atoms with E-state index < -0.39 is 0 Å². The number of carbonyl (C=O) groups is 1. The molecule has 3 N–H and O–H groups in total. The first-order valence-corrected chi connectivity index (χ1v) is 6.64. The van der Waals surface area contributed by atoms with Gasteiger partial charge in [0, 0.05) is 25.6 Å². The molecule has 1 amide bonds. The van der Waals surface area contributed by atoms with Crippen molar-refractivity contribution in [2.75, 3.05) is 30.8 Å². The molecule has 0 spiro atoms. The molecule has 0 saturated heterocycles. The summed E-state index contributed by atoms with van der Waals surface area (Å²) in [5, 5.41) is 8.82. The molecule has 0 bridgehead atoms. The number of hydrogen-bond donors (Lipinski definition) is 3. The lowest BCUT2D eigenvalue weighted by atomic mass is 10.2. The Kier molecular flexibility index (Phi) is 6.05. The first-order chi connectivity index (χ1) is 9.06. The van der Waals surface area contributed by atoms with Crippen LogP contribution in [0.3, 0.4) is 0 Å². The van der Waals surface area contributed by atoms with Crippen molar-refractivity contribution in [2.45, 2.75) is 33.1 Å². The highest BCUT2D eigenvalue weighted by atomic mass is 16.1. The predicted octanol–water partition coefficient (Wildman–Crippen LogP) is 1.58. The zero-order valence-electron chi connectivity index (χ0n) is 12.1. The van der Waals surface area contributed by atoms with Crippen molar-refractivity contribution in [2.24, 2.45) is 0 Å². The van der Waals surface area contributed by atoms with Crippen LogP contribution in [0, 0.1) is 0 Å². The van der Waals surface area contributed by atoms with E-state index >= 15 is 0 Å². The van der Waals surface area contributed by atoms with Crippen molar-refractivity contribution in [3.8, 4) is 0 Å². The zero-order valence-corrected chi connectivity index (χ0v) is 12.1. The van der Waals surface area contributed by atoms with E-state index in [1.54, 1.807) is 6.07 Å². The van der Waals surface area contributed by atoms with Crippen LogP contribution in [0.2, 0.25) is 0 Å². The second-order valence-corrected chi connectivity index (χ2v) is 4.60. The molecule has 0 saturated carbocycles. The van der Waals surface area contributed by atoms with Crippen LogP contribution in [0.25, 0.3) is 0 Å². The molecule has 6 heteroatoms. The molecule has 106 valence electrons. The minimum Gasteiger partial charge on any atom is -0.373 e. The summed E-state index contributed by atoms with van der Waals surface area (Å²) in [5.41, 5.74) is 0.